The monoisotopic (exact) mass is 378 g/mol. The minimum absolute atomic E-state index is 0.118. The van der Waals surface area contributed by atoms with E-state index in [0.29, 0.717) is 10.7 Å². The molecule has 0 saturated carbocycles. The lowest BCUT2D eigenvalue weighted by Gasteiger charge is -2.22. The van der Waals surface area contributed by atoms with Crippen LogP contribution >= 0.6 is 11.3 Å². The van der Waals surface area contributed by atoms with E-state index in [0.717, 1.165) is 42.9 Å². The molecule has 1 amide bonds. The van der Waals surface area contributed by atoms with E-state index in [9.17, 15) is 4.79 Å². The van der Waals surface area contributed by atoms with E-state index in [1.807, 2.05) is 49.5 Å². The molecule has 4 rings (SSSR count). The van der Waals surface area contributed by atoms with Crippen LogP contribution in [0.4, 0.5) is 5.13 Å². The van der Waals surface area contributed by atoms with Crippen molar-refractivity contribution in [1.82, 2.24) is 14.9 Å². The lowest BCUT2D eigenvalue weighted by atomic mass is 10.1. The molecule has 3 heterocycles. The van der Waals surface area contributed by atoms with E-state index in [1.54, 1.807) is 0 Å². The number of benzene rings is 1. The molecule has 1 fully saturated rings. The summed E-state index contributed by atoms with van der Waals surface area (Å²) in [5.41, 5.74) is 3.90. The van der Waals surface area contributed by atoms with Gasteiger partial charge in [0.05, 0.1) is 17.4 Å². The maximum Gasteiger partial charge on any atom is 0.257 e. The molecule has 1 N–H and O–H groups in total. The SMILES string of the molecule is Cc1ccc(C(=O)Nc2nc([C@H]3CCCN3Cc3ccccn3)cs2)cc1. The first-order valence-electron chi connectivity index (χ1n) is 9.16. The zero-order chi connectivity index (χ0) is 18.6. The molecule has 0 unspecified atom stereocenters. The third kappa shape index (κ3) is 4.23. The number of nitrogens with one attached hydrogen (secondary N) is 1. The van der Waals surface area contributed by atoms with Gasteiger partial charge in [0.25, 0.3) is 5.91 Å². The highest BCUT2D eigenvalue weighted by Crippen LogP contribution is 2.34. The number of rotatable bonds is 5. The quantitative estimate of drug-likeness (QED) is 0.713. The van der Waals surface area contributed by atoms with Crippen molar-refractivity contribution in [1.29, 1.82) is 0 Å². The number of aromatic nitrogens is 2. The molecule has 6 heteroatoms. The zero-order valence-electron chi connectivity index (χ0n) is 15.3. The van der Waals surface area contributed by atoms with Gasteiger partial charge >= 0.3 is 0 Å². The molecule has 1 aromatic carbocycles. The van der Waals surface area contributed by atoms with Gasteiger partial charge in [-0.3, -0.25) is 20.0 Å². The van der Waals surface area contributed by atoms with Crippen molar-refractivity contribution in [2.45, 2.75) is 32.4 Å². The third-order valence-corrected chi connectivity index (χ3v) is 5.63. The summed E-state index contributed by atoms with van der Waals surface area (Å²) in [6, 6.07) is 13.9. The highest BCUT2D eigenvalue weighted by atomic mass is 32.1. The molecule has 5 nitrogen and oxygen atoms in total. The topological polar surface area (TPSA) is 58.1 Å². The van der Waals surface area contributed by atoms with Crippen LogP contribution in [0.15, 0.2) is 54.0 Å². The van der Waals surface area contributed by atoms with Gasteiger partial charge in [0.1, 0.15) is 0 Å². The second kappa shape index (κ2) is 7.98. The summed E-state index contributed by atoms with van der Waals surface area (Å²) in [4.78, 5) is 23.9. The summed E-state index contributed by atoms with van der Waals surface area (Å²) in [6.07, 6.45) is 4.07. The molecule has 27 heavy (non-hydrogen) atoms. The van der Waals surface area contributed by atoms with Gasteiger partial charge in [-0.1, -0.05) is 23.8 Å². The van der Waals surface area contributed by atoms with Gasteiger partial charge in [-0.05, 0) is 50.6 Å². The number of amides is 1. The Morgan fingerprint density at radius 1 is 1.26 bits per heavy atom. The van der Waals surface area contributed by atoms with E-state index in [-0.39, 0.29) is 11.9 Å². The van der Waals surface area contributed by atoms with Gasteiger partial charge in [-0.25, -0.2) is 4.98 Å². The van der Waals surface area contributed by atoms with Gasteiger partial charge in [-0.2, -0.15) is 0 Å². The van der Waals surface area contributed by atoms with Crippen molar-refractivity contribution in [2.24, 2.45) is 0 Å². The summed E-state index contributed by atoms with van der Waals surface area (Å²) in [5.74, 6) is -0.118. The standard InChI is InChI=1S/C21H22N4OS/c1-15-7-9-16(10-8-15)20(26)24-21-23-18(14-27-21)19-6-4-12-25(19)13-17-5-2-3-11-22-17/h2-3,5,7-11,14,19H,4,6,12-13H2,1H3,(H,23,24,26)/t19-/m1/s1. The number of hydrogen-bond acceptors (Lipinski definition) is 5. The second-order valence-corrected chi connectivity index (χ2v) is 7.71. The fraction of sp³-hybridized carbons (Fsp3) is 0.286. The maximum absolute atomic E-state index is 12.4. The van der Waals surface area contributed by atoms with Crippen LogP contribution in [0.5, 0.6) is 0 Å². The Hall–Kier alpha value is -2.57. The second-order valence-electron chi connectivity index (χ2n) is 6.85. The van der Waals surface area contributed by atoms with Crippen LogP contribution in [0.1, 0.15) is 46.2 Å². The van der Waals surface area contributed by atoms with E-state index < -0.39 is 0 Å². The number of carbonyl (C=O) groups excluding carboxylic acids is 1. The molecule has 2 aromatic heterocycles. The van der Waals surface area contributed by atoms with Gasteiger partial charge < -0.3 is 0 Å². The normalized spacial score (nSPS) is 17.1. The first-order chi connectivity index (χ1) is 13.2. The number of carbonyl (C=O) groups is 1. The molecule has 0 radical (unpaired) electrons. The van der Waals surface area contributed by atoms with Crippen molar-refractivity contribution in [3.63, 3.8) is 0 Å². The van der Waals surface area contributed by atoms with Crippen molar-refractivity contribution in [3.8, 4) is 0 Å². The molecule has 1 aliphatic rings. The third-order valence-electron chi connectivity index (χ3n) is 4.85. The molecule has 1 atom stereocenters. The van der Waals surface area contributed by atoms with Gasteiger partial charge in [0.15, 0.2) is 5.13 Å². The first-order valence-corrected chi connectivity index (χ1v) is 10.0. The number of pyridine rings is 1. The summed E-state index contributed by atoms with van der Waals surface area (Å²) in [6.45, 7) is 3.88. The minimum atomic E-state index is -0.118. The summed E-state index contributed by atoms with van der Waals surface area (Å²) in [7, 11) is 0. The lowest BCUT2D eigenvalue weighted by molar-refractivity contribution is 0.102. The number of thiazole rings is 1. The summed E-state index contributed by atoms with van der Waals surface area (Å²) >= 11 is 1.49. The van der Waals surface area contributed by atoms with Crippen LogP contribution in [0.3, 0.4) is 0 Å². The Kier molecular flexibility index (Phi) is 5.27. The molecule has 0 spiro atoms. The van der Waals surface area contributed by atoms with E-state index in [1.165, 1.54) is 11.3 Å². The summed E-state index contributed by atoms with van der Waals surface area (Å²) in [5, 5.41) is 5.64. The van der Waals surface area contributed by atoms with Crippen LogP contribution < -0.4 is 5.32 Å². The smallest absolute Gasteiger partial charge is 0.257 e. The van der Waals surface area contributed by atoms with Gasteiger partial charge in [0, 0.05) is 23.7 Å². The van der Waals surface area contributed by atoms with E-state index >= 15 is 0 Å². The predicted octanol–water partition coefficient (Wildman–Crippen LogP) is 4.44. The average molecular weight is 379 g/mol. The zero-order valence-corrected chi connectivity index (χ0v) is 16.1. The van der Waals surface area contributed by atoms with Gasteiger partial charge in [0.2, 0.25) is 0 Å². The van der Waals surface area contributed by atoms with Crippen LogP contribution in [0.2, 0.25) is 0 Å². The first kappa shape index (κ1) is 17.8. The minimum Gasteiger partial charge on any atom is -0.298 e. The lowest BCUT2D eigenvalue weighted by Crippen LogP contribution is -2.23. The number of anilines is 1. The molecular weight excluding hydrogens is 356 g/mol. The van der Waals surface area contributed by atoms with Crippen molar-refractivity contribution in [3.05, 3.63) is 76.6 Å². The highest BCUT2D eigenvalue weighted by Gasteiger charge is 2.28. The molecule has 3 aromatic rings. The van der Waals surface area contributed by atoms with Gasteiger partial charge in [-0.15, -0.1) is 11.3 Å². The van der Waals surface area contributed by atoms with Crippen molar-refractivity contribution < 1.29 is 4.79 Å². The van der Waals surface area contributed by atoms with Crippen LogP contribution in [-0.4, -0.2) is 27.3 Å². The Bertz CT molecular complexity index is 907. The maximum atomic E-state index is 12.4. The number of likely N-dealkylation sites (tertiary alicyclic amines) is 1. The Labute approximate surface area is 163 Å². The average Bonchev–Trinajstić information content (AvgIpc) is 3.32. The molecule has 1 aliphatic heterocycles. The molecular formula is C21H22N4OS. The van der Waals surface area contributed by atoms with Crippen molar-refractivity contribution in [2.75, 3.05) is 11.9 Å². The van der Waals surface area contributed by atoms with Crippen LogP contribution in [0, 0.1) is 6.92 Å². The molecule has 0 bridgehead atoms. The highest BCUT2D eigenvalue weighted by molar-refractivity contribution is 7.14. The predicted molar refractivity (Wildman–Crippen MR) is 108 cm³/mol. The summed E-state index contributed by atoms with van der Waals surface area (Å²) < 4.78 is 0. The number of aryl methyl sites for hydroxylation is 1. The Morgan fingerprint density at radius 2 is 2.11 bits per heavy atom. The molecule has 1 saturated heterocycles. The van der Waals surface area contributed by atoms with E-state index in [4.69, 9.17) is 4.98 Å². The number of nitrogens with zero attached hydrogens (tertiary/aromatic N) is 3. The van der Waals surface area contributed by atoms with Crippen molar-refractivity contribution >= 4 is 22.4 Å². The largest absolute Gasteiger partial charge is 0.298 e. The fourth-order valence-corrected chi connectivity index (χ4v) is 4.17. The Morgan fingerprint density at radius 3 is 2.89 bits per heavy atom. The van der Waals surface area contributed by atoms with E-state index in [2.05, 4.69) is 26.6 Å². The molecule has 0 aliphatic carbocycles. The molecule has 138 valence electrons. The van der Waals surface area contributed by atoms with Crippen LogP contribution in [-0.2, 0) is 6.54 Å². The Balaban J connectivity index is 1.43. The van der Waals surface area contributed by atoms with Crippen LogP contribution in [0.25, 0.3) is 0 Å². The fourth-order valence-electron chi connectivity index (χ4n) is 3.42. The number of hydrogen-bond donors (Lipinski definition) is 1.